The van der Waals surface area contributed by atoms with Crippen molar-refractivity contribution in [2.24, 2.45) is 0 Å². The molecule has 0 atom stereocenters. The van der Waals surface area contributed by atoms with Gasteiger partial charge in [-0.05, 0) is 18.6 Å². The largest absolute Gasteiger partial charge is 0.336 e. The summed E-state index contributed by atoms with van der Waals surface area (Å²) in [4.78, 5) is 31.2. The summed E-state index contributed by atoms with van der Waals surface area (Å²) in [6, 6.07) is 6.57. The predicted octanol–water partition coefficient (Wildman–Crippen LogP) is 2.49. The van der Waals surface area contributed by atoms with Crippen LogP contribution >= 0.6 is 23.4 Å². The van der Waals surface area contributed by atoms with Crippen LogP contribution in [0.15, 0.2) is 34.2 Å². The normalized spacial score (nSPS) is 10.9. The number of aromatic amines is 1. The highest BCUT2D eigenvalue weighted by molar-refractivity contribution is 7.99. The van der Waals surface area contributed by atoms with Crippen LogP contribution in [0.1, 0.15) is 13.3 Å². The van der Waals surface area contributed by atoms with E-state index in [1.165, 1.54) is 16.4 Å². The van der Waals surface area contributed by atoms with Gasteiger partial charge in [-0.2, -0.15) is 0 Å². The quantitative estimate of drug-likeness (QED) is 0.409. The number of H-pyrrole nitrogens is 1. The molecule has 0 saturated carbocycles. The molecule has 27 heavy (non-hydrogen) atoms. The molecule has 9 nitrogen and oxygen atoms in total. The maximum absolute atomic E-state index is 12.1. The fraction of sp³-hybridized carbons (Fsp3) is 0.312. The van der Waals surface area contributed by atoms with Crippen molar-refractivity contribution in [3.05, 3.63) is 39.6 Å². The fourth-order valence-corrected chi connectivity index (χ4v) is 3.16. The molecule has 0 aliphatic rings. The third-order valence-electron chi connectivity index (χ3n) is 3.53. The Bertz CT molecular complexity index is 1000. The molecule has 3 N–H and O–H groups in total. The van der Waals surface area contributed by atoms with Gasteiger partial charge in [-0.15, -0.1) is 5.10 Å². The lowest BCUT2D eigenvalue weighted by Crippen LogP contribution is -2.31. The van der Waals surface area contributed by atoms with Crippen LogP contribution in [-0.2, 0) is 6.54 Å². The Kier molecular flexibility index (Phi) is 6.30. The molecule has 142 valence electrons. The van der Waals surface area contributed by atoms with E-state index in [1.807, 2.05) is 0 Å². The topological polar surface area (TPSA) is 118 Å². The summed E-state index contributed by atoms with van der Waals surface area (Å²) < 4.78 is 1.50. The van der Waals surface area contributed by atoms with E-state index in [9.17, 15) is 9.59 Å². The number of benzene rings is 1. The Labute approximate surface area is 163 Å². The number of rotatable bonds is 7. The zero-order valence-corrected chi connectivity index (χ0v) is 16.1. The number of hydrogen-bond acceptors (Lipinski definition) is 6. The summed E-state index contributed by atoms with van der Waals surface area (Å²) >= 11 is 7.47. The molecular weight excluding hydrogens is 390 g/mol. The minimum Gasteiger partial charge on any atom is -0.336 e. The summed E-state index contributed by atoms with van der Waals surface area (Å²) in [6.45, 7) is 2.65. The highest BCUT2D eigenvalue weighted by Gasteiger charge is 2.12. The van der Waals surface area contributed by atoms with Gasteiger partial charge in [0.25, 0.3) is 5.56 Å². The number of hydrogen-bond donors (Lipinski definition) is 3. The first kappa shape index (κ1) is 19.2. The van der Waals surface area contributed by atoms with Gasteiger partial charge < -0.3 is 10.6 Å². The average Bonchev–Trinajstić information content (AvgIpc) is 3.05. The maximum atomic E-state index is 12.1. The molecule has 2 amide bonds. The molecular formula is C16H18ClN7O2S. The van der Waals surface area contributed by atoms with Crippen LogP contribution in [0, 0.1) is 0 Å². The van der Waals surface area contributed by atoms with E-state index in [1.54, 1.807) is 24.3 Å². The van der Waals surface area contributed by atoms with Crippen LogP contribution in [0.3, 0.4) is 0 Å². The number of anilines is 1. The lowest BCUT2D eigenvalue weighted by atomic mass is 10.3. The molecule has 1 aromatic carbocycles. The lowest BCUT2D eigenvalue weighted by molar-refractivity contribution is 0.251. The van der Waals surface area contributed by atoms with Gasteiger partial charge in [0.2, 0.25) is 0 Å². The van der Waals surface area contributed by atoms with E-state index in [2.05, 4.69) is 37.8 Å². The number of aromatic nitrogens is 5. The molecule has 0 fully saturated rings. The van der Waals surface area contributed by atoms with Crippen molar-refractivity contribution in [1.82, 2.24) is 30.3 Å². The van der Waals surface area contributed by atoms with Gasteiger partial charge in [0.05, 0.1) is 17.3 Å². The number of nitrogens with zero attached hydrogens (tertiary/aromatic N) is 4. The molecule has 0 radical (unpaired) electrons. The van der Waals surface area contributed by atoms with E-state index in [0.717, 1.165) is 12.2 Å². The van der Waals surface area contributed by atoms with Crippen LogP contribution < -0.4 is 16.2 Å². The van der Waals surface area contributed by atoms with Crippen molar-refractivity contribution >= 4 is 46.2 Å². The summed E-state index contributed by atoms with van der Waals surface area (Å²) in [7, 11) is 0. The Morgan fingerprint density at radius 3 is 2.96 bits per heavy atom. The van der Waals surface area contributed by atoms with Crippen LogP contribution in [0.25, 0.3) is 11.2 Å². The SMILES string of the molecule is CCCSc1nc2c(nnn2CCNC(=O)Nc2ccccc2Cl)c(=O)[nH]1. The van der Waals surface area contributed by atoms with Gasteiger partial charge in [0, 0.05) is 12.3 Å². The molecule has 2 aromatic heterocycles. The molecule has 11 heteroatoms. The third-order valence-corrected chi connectivity index (χ3v) is 4.93. The number of carbonyl (C=O) groups excluding carboxylic acids is 1. The van der Waals surface area contributed by atoms with Crippen molar-refractivity contribution < 1.29 is 4.79 Å². The summed E-state index contributed by atoms with van der Waals surface area (Å²) in [5, 5.41) is 14.2. The van der Waals surface area contributed by atoms with Gasteiger partial charge >= 0.3 is 6.03 Å². The van der Waals surface area contributed by atoms with Gasteiger partial charge in [-0.25, -0.2) is 14.5 Å². The predicted molar refractivity (Wildman–Crippen MR) is 105 cm³/mol. The molecule has 0 spiro atoms. The molecule has 0 saturated heterocycles. The van der Waals surface area contributed by atoms with Crippen LogP contribution in [0.2, 0.25) is 5.02 Å². The second-order valence-corrected chi connectivity index (χ2v) is 7.06. The van der Waals surface area contributed by atoms with Gasteiger partial charge in [-0.1, -0.05) is 47.6 Å². The Hall–Kier alpha value is -2.59. The summed E-state index contributed by atoms with van der Waals surface area (Å²) in [5.74, 6) is 0.847. The van der Waals surface area contributed by atoms with E-state index >= 15 is 0 Å². The van der Waals surface area contributed by atoms with E-state index in [0.29, 0.717) is 28.1 Å². The van der Waals surface area contributed by atoms with E-state index < -0.39 is 6.03 Å². The molecule has 0 aliphatic carbocycles. The Morgan fingerprint density at radius 2 is 2.19 bits per heavy atom. The maximum Gasteiger partial charge on any atom is 0.319 e. The number of thioether (sulfide) groups is 1. The standard InChI is InChI=1S/C16H18ClN7O2S/c1-2-9-27-16-20-13-12(14(25)21-16)22-23-24(13)8-7-18-15(26)19-11-6-4-3-5-10(11)17/h3-6H,2,7-9H2,1H3,(H2,18,19,26)(H,20,21,25). The van der Waals surface area contributed by atoms with Crippen molar-refractivity contribution in [2.45, 2.75) is 25.0 Å². The first-order valence-corrected chi connectivity index (χ1v) is 9.70. The van der Waals surface area contributed by atoms with E-state index in [4.69, 9.17) is 11.6 Å². The summed E-state index contributed by atoms with van der Waals surface area (Å²) in [6.07, 6.45) is 0.967. The van der Waals surface area contributed by atoms with E-state index in [-0.39, 0.29) is 17.6 Å². The number of para-hydroxylation sites is 1. The second kappa shape index (κ2) is 8.87. The number of fused-ring (bicyclic) bond motifs is 1. The zero-order valence-electron chi connectivity index (χ0n) is 14.5. The minimum absolute atomic E-state index is 0.177. The highest BCUT2D eigenvalue weighted by atomic mass is 35.5. The van der Waals surface area contributed by atoms with Crippen LogP contribution in [-0.4, -0.2) is 43.3 Å². The lowest BCUT2D eigenvalue weighted by Gasteiger charge is -2.09. The van der Waals surface area contributed by atoms with Gasteiger partial charge in [0.15, 0.2) is 16.3 Å². The second-order valence-electron chi connectivity index (χ2n) is 5.57. The number of carbonyl (C=O) groups is 1. The zero-order chi connectivity index (χ0) is 19.2. The Balaban J connectivity index is 1.63. The number of urea groups is 1. The monoisotopic (exact) mass is 407 g/mol. The fourth-order valence-electron chi connectivity index (χ4n) is 2.27. The number of nitrogens with one attached hydrogen (secondary N) is 3. The molecule has 2 heterocycles. The smallest absolute Gasteiger partial charge is 0.319 e. The molecule has 0 bridgehead atoms. The molecule has 3 aromatic rings. The van der Waals surface area contributed by atoms with Crippen molar-refractivity contribution in [3.8, 4) is 0 Å². The molecule has 0 aliphatic heterocycles. The molecule has 3 rings (SSSR count). The minimum atomic E-state index is -0.391. The first-order valence-electron chi connectivity index (χ1n) is 8.34. The number of halogens is 1. The van der Waals surface area contributed by atoms with Gasteiger partial charge in [0.1, 0.15) is 0 Å². The highest BCUT2D eigenvalue weighted by Crippen LogP contribution is 2.20. The van der Waals surface area contributed by atoms with Crippen LogP contribution in [0.5, 0.6) is 0 Å². The molecule has 0 unspecified atom stereocenters. The van der Waals surface area contributed by atoms with Crippen molar-refractivity contribution in [1.29, 1.82) is 0 Å². The number of amides is 2. The average molecular weight is 408 g/mol. The van der Waals surface area contributed by atoms with Crippen molar-refractivity contribution in [3.63, 3.8) is 0 Å². The summed E-state index contributed by atoms with van der Waals surface area (Å²) in [5.41, 5.74) is 0.768. The van der Waals surface area contributed by atoms with Crippen LogP contribution in [0.4, 0.5) is 10.5 Å². The first-order chi connectivity index (χ1) is 13.1. The third kappa shape index (κ3) is 4.77. The Morgan fingerprint density at radius 1 is 1.37 bits per heavy atom. The van der Waals surface area contributed by atoms with Crippen molar-refractivity contribution in [2.75, 3.05) is 17.6 Å². The van der Waals surface area contributed by atoms with Gasteiger partial charge in [-0.3, -0.25) is 9.78 Å².